The van der Waals surface area contributed by atoms with Crippen LogP contribution in [0, 0.1) is 5.41 Å². The molecule has 0 unspecified atom stereocenters. The highest BCUT2D eigenvalue weighted by Crippen LogP contribution is 2.47. The fourth-order valence-electron chi connectivity index (χ4n) is 3.27. The van der Waals surface area contributed by atoms with E-state index >= 15 is 0 Å². The Morgan fingerprint density at radius 3 is 2.46 bits per heavy atom. The van der Waals surface area contributed by atoms with Crippen molar-refractivity contribution < 1.29 is 9.59 Å². The Labute approximate surface area is 152 Å². The first-order chi connectivity index (χ1) is 11.5. The Balaban J connectivity index is 1.53. The molecule has 2 fully saturated rings. The Bertz CT molecular complexity index is 638. The van der Waals surface area contributed by atoms with E-state index in [-0.39, 0.29) is 11.8 Å². The number of amides is 2. The van der Waals surface area contributed by atoms with Crippen LogP contribution in [-0.4, -0.2) is 36.3 Å². The highest BCUT2D eigenvalue weighted by atomic mass is 35.5. The lowest BCUT2D eigenvalue weighted by molar-refractivity contribution is -0.144. The summed E-state index contributed by atoms with van der Waals surface area (Å²) in [6, 6.07) is 5.35. The van der Waals surface area contributed by atoms with Crippen LogP contribution in [0.4, 0.5) is 0 Å². The molecule has 1 saturated heterocycles. The lowest BCUT2D eigenvalue weighted by atomic mass is 10.0. The monoisotopic (exact) mass is 368 g/mol. The molecule has 4 nitrogen and oxygen atoms in total. The molecule has 2 amide bonds. The molecule has 0 bridgehead atoms. The number of nitrogens with zero attached hydrogens (tertiary/aromatic N) is 1. The molecule has 6 heteroatoms. The zero-order valence-electron chi connectivity index (χ0n) is 13.6. The predicted molar refractivity (Wildman–Crippen MR) is 95.3 cm³/mol. The number of hydrogen-bond acceptors (Lipinski definition) is 2. The number of carbonyl (C=O) groups excluding carboxylic acids is 2. The number of piperidine rings is 1. The van der Waals surface area contributed by atoms with Gasteiger partial charge in [-0.05, 0) is 56.2 Å². The summed E-state index contributed by atoms with van der Waals surface area (Å²) in [6.45, 7) is 2.04. The van der Waals surface area contributed by atoms with Crippen LogP contribution >= 0.6 is 23.2 Å². The highest BCUT2D eigenvalue weighted by Gasteiger charge is 2.57. The van der Waals surface area contributed by atoms with Crippen LogP contribution in [0.3, 0.4) is 0 Å². The van der Waals surface area contributed by atoms with E-state index in [1.807, 2.05) is 11.0 Å². The summed E-state index contributed by atoms with van der Waals surface area (Å²) < 4.78 is 0. The number of rotatable bonds is 5. The van der Waals surface area contributed by atoms with Crippen LogP contribution in [0.2, 0.25) is 10.0 Å². The molecule has 1 aromatic carbocycles. The molecule has 1 heterocycles. The van der Waals surface area contributed by atoms with Crippen LogP contribution in [-0.2, 0) is 16.0 Å². The molecular formula is C18H22Cl2N2O2. The quantitative estimate of drug-likeness (QED) is 0.809. The van der Waals surface area contributed by atoms with Crippen LogP contribution < -0.4 is 5.32 Å². The first kappa shape index (κ1) is 17.6. The Morgan fingerprint density at radius 2 is 1.83 bits per heavy atom. The van der Waals surface area contributed by atoms with Gasteiger partial charge in [-0.2, -0.15) is 0 Å². The largest absolute Gasteiger partial charge is 0.355 e. The third-order valence-electron chi connectivity index (χ3n) is 4.93. The fraction of sp³-hybridized carbons (Fsp3) is 0.556. The van der Waals surface area contributed by atoms with E-state index in [1.165, 1.54) is 6.42 Å². The summed E-state index contributed by atoms with van der Waals surface area (Å²) in [5, 5.41) is 4.11. The molecule has 1 aliphatic heterocycles. The topological polar surface area (TPSA) is 49.4 Å². The third-order valence-corrected chi connectivity index (χ3v) is 5.52. The van der Waals surface area contributed by atoms with Crippen molar-refractivity contribution in [2.45, 2.75) is 38.5 Å². The molecule has 1 saturated carbocycles. The molecule has 0 radical (unpaired) electrons. The molecule has 0 spiro atoms. The van der Waals surface area contributed by atoms with Gasteiger partial charge in [0.1, 0.15) is 5.41 Å². The third kappa shape index (κ3) is 3.70. The molecule has 1 aromatic rings. The average Bonchev–Trinajstić information content (AvgIpc) is 3.39. The van der Waals surface area contributed by atoms with E-state index in [9.17, 15) is 9.59 Å². The van der Waals surface area contributed by atoms with E-state index in [0.717, 1.165) is 31.5 Å². The maximum Gasteiger partial charge on any atom is 0.238 e. The molecule has 2 aliphatic rings. The summed E-state index contributed by atoms with van der Waals surface area (Å²) >= 11 is 12.0. The van der Waals surface area contributed by atoms with Gasteiger partial charge < -0.3 is 10.2 Å². The molecule has 0 aromatic heterocycles. The van der Waals surface area contributed by atoms with Crippen molar-refractivity contribution in [2.75, 3.05) is 19.6 Å². The van der Waals surface area contributed by atoms with Crippen LogP contribution in [0.1, 0.15) is 37.7 Å². The first-order valence-electron chi connectivity index (χ1n) is 8.54. The van der Waals surface area contributed by atoms with E-state index in [0.29, 0.717) is 35.9 Å². The van der Waals surface area contributed by atoms with Gasteiger partial charge >= 0.3 is 0 Å². The molecule has 1 N–H and O–H groups in total. The van der Waals surface area contributed by atoms with Gasteiger partial charge in [0.2, 0.25) is 11.8 Å². The van der Waals surface area contributed by atoms with E-state index in [1.54, 1.807) is 12.1 Å². The number of hydrogen-bond donors (Lipinski definition) is 1. The Morgan fingerprint density at radius 1 is 1.12 bits per heavy atom. The molecule has 130 valence electrons. The normalized spacial score (nSPS) is 19.0. The first-order valence-corrected chi connectivity index (χ1v) is 9.30. The van der Waals surface area contributed by atoms with Crippen LogP contribution in [0.25, 0.3) is 0 Å². The van der Waals surface area contributed by atoms with E-state index in [4.69, 9.17) is 23.2 Å². The SMILES string of the molecule is O=C(NCCc1ccc(Cl)cc1Cl)C1(C(=O)N2CCCCC2)CC1. The van der Waals surface area contributed by atoms with Crippen LogP contribution in [0.5, 0.6) is 0 Å². The second-order valence-corrected chi connectivity index (χ2v) is 7.52. The molecule has 3 rings (SSSR count). The van der Waals surface area contributed by atoms with E-state index < -0.39 is 5.41 Å². The van der Waals surface area contributed by atoms with Crippen molar-refractivity contribution in [3.63, 3.8) is 0 Å². The Kier molecular flexibility index (Phi) is 5.36. The summed E-state index contributed by atoms with van der Waals surface area (Å²) in [7, 11) is 0. The van der Waals surface area contributed by atoms with Gasteiger partial charge in [0, 0.05) is 29.7 Å². The van der Waals surface area contributed by atoms with Crippen molar-refractivity contribution in [1.29, 1.82) is 0 Å². The summed E-state index contributed by atoms with van der Waals surface area (Å²) in [4.78, 5) is 27.1. The standard InChI is InChI=1S/C18H22Cl2N2O2/c19-14-5-4-13(15(20)12-14)6-9-21-16(23)18(7-8-18)17(24)22-10-2-1-3-11-22/h4-5,12H,1-3,6-11H2,(H,21,23). The average molecular weight is 369 g/mol. The minimum absolute atomic E-state index is 0.0178. The van der Waals surface area contributed by atoms with Gasteiger partial charge in [-0.25, -0.2) is 0 Å². The van der Waals surface area contributed by atoms with Crippen molar-refractivity contribution in [1.82, 2.24) is 10.2 Å². The van der Waals surface area contributed by atoms with Crippen molar-refractivity contribution in [3.8, 4) is 0 Å². The second-order valence-electron chi connectivity index (χ2n) is 6.68. The van der Waals surface area contributed by atoms with Gasteiger partial charge in [-0.3, -0.25) is 9.59 Å². The smallest absolute Gasteiger partial charge is 0.238 e. The molecule has 24 heavy (non-hydrogen) atoms. The van der Waals surface area contributed by atoms with E-state index in [2.05, 4.69) is 5.32 Å². The van der Waals surface area contributed by atoms with Gasteiger partial charge in [0.25, 0.3) is 0 Å². The molecule has 0 atom stereocenters. The van der Waals surface area contributed by atoms with Crippen molar-refractivity contribution in [2.24, 2.45) is 5.41 Å². The zero-order valence-corrected chi connectivity index (χ0v) is 15.1. The number of nitrogens with one attached hydrogen (secondary N) is 1. The fourth-order valence-corrected chi connectivity index (χ4v) is 3.77. The van der Waals surface area contributed by atoms with Gasteiger partial charge in [0.15, 0.2) is 0 Å². The van der Waals surface area contributed by atoms with Crippen molar-refractivity contribution >= 4 is 35.0 Å². The Hall–Kier alpha value is -1.26. The number of carbonyl (C=O) groups is 2. The molecular weight excluding hydrogens is 347 g/mol. The predicted octanol–water partition coefficient (Wildman–Crippen LogP) is 3.44. The zero-order chi connectivity index (χ0) is 17.2. The minimum atomic E-state index is -0.804. The lowest BCUT2D eigenvalue weighted by Gasteiger charge is -2.30. The van der Waals surface area contributed by atoms with Crippen LogP contribution in [0.15, 0.2) is 18.2 Å². The number of benzene rings is 1. The summed E-state index contributed by atoms with van der Waals surface area (Å²) in [5.41, 5.74) is 0.134. The molecule has 1 aliphatic carbocycles. The minimum Gasteiger partial charge on any atom is -0.355 e. The van der Waals surface area contributed by atoms with Crippen molar-refractivity contribution in [3.05, 3.63) is 33.8 Å². The summed E-state index contributed by atoms with van der Waals surface area (Å²) in [5.74, 6) is -0.118. The maximum absolute atomic E-state index is 12.7. The maximum atomic E-state index is 12.7. The van der Waals surface area contributed by atoms with Gasteiger partial charge in [-0.1, -0.05) is 29.3 Å². The highest BCUT2D eigenvalue weighted by molar-refractivity contribution is 6.35. The van der Waals surface area contributed by atoms with Gasteiger partial charge in [-0.15, -0.1) is 0 Å². The lowest BCUT2D eigenvalue weighted by Crippen LogP contribution is -2.47. The number of likely N-dealkylation sites (tertiary alicyclic amines) is 1. The van der Waals surface area contributed by atoms with Gasteiger partial charge in [0.05, 0.1) is 0 Å². The summed E-state index contributed by atoms with van der Waals surface area (Å²) in [6.07, 6.45) is 5.20. The number of halogens is 2. The second kappa shape index (κ2) is 7.32.